The van der Waals surface area contributed by atoms with Crippen LogP contribution in [-0.2, 0) is 13.1 Å². The lowest BCUT2D eigenvalue weighted by molar-refractivity contribution is 0.340. The maximum atomic E-state index is 5.47. The molecule has 2 rings (SSSR count). The molecule has 2 aromatic rings. The molecule has 1 aromatic heterocycles. The van der Waals surface area contributed by atoms with Crippen LogP contribution < -0.4 is 10.1 Å². The Bertz CT molecular complexity index is 592. The number of aromatic nitrogens is 2. The second-order valence-corrected chi connectivity index (χ2v) is 5.18. The summed E-state index contributed by atoms with van der Waals surface area (Å²) in [5.41, 5.74) is 1.21. The summed E-state index contributed by atoms with van der Waals surface area (Å²) < 4.78 is 7.36. The molecule has 0 fully saturated rings. The lowest BCUT2D eigenvalue weighted by Gasteiger charge is -2.22. The summed E-state index contributed by atoms with van der Waals surface area (Å²) in [5, 5.41) is 7.54. The van der Waals surface area contributed by atoms with Gasteiger partial charge >= 0.3 is 0 Å². The van der Waals surface area contributed by atoms with Gasteiger partial charge in [-0.3, -0.25) is 9.67 Å². The Hall–Kier alpha value is -2.50. The van der Waals surface area contributed by atoms with Crippen LogP contribution in [0.3, 0.4) is 0 Å². The van der Waals surface area contributed by atoms with Crippen LogP contribution in [0.25, 0.3) is 0 Å². The molecule has 0 spiro atoms. The molecule has 1 aromatic carbocycles. The fourth-order valence-electron chi connectivity index (χ4n) is 2.31. The fourth-order valence-corrected chi connectivity index (χ4v) is 2.31. The van der Waals surface area contributed by atoms with Crippen LogP contribution in [0, 0.1) is 0 Å². The highest BCUT2D eigenvalue weighted by molar-refractivity contribution is 5.79. The third-order valence-corrected chi connectivity index (χ3v) is 3.41. The van der Waals surface area contributed by atoms with Gasteiger partial charge in [0.05, 0.1) is 13.2 Å². The Kier molecular flexibility index (Phi) is 6.47. The number of hydrogen-bond donors (Lipinski definition) is 1. The van der Waals surface area contributed by atoms with E-state index in [9.17, 15) is 0 Å². The van der Waals surface area contributed by atoms with Crippen molar-refractivity contribution in [2.24, 2.45) is 4.99 Å². The van der Waals surface area contributed by atoms with E-state index in [0.717, 1.165) is 31.3 Å². The molecule has 0 amide bonds. The van der Waals surface area contributed by atoms with Gasteiger partial charge in [-0.1, -0.05) is 12.1 Å². The van der Waals surface area contributed by atoms with Crippen molar-refractivity contribution in [3.8, 4) is 5.75 Å². The van der Waals surface area contributed by atoms with Gasteiger partial charge in [0, 0.05) is 39.6 Å². The van der Waals surface area contributed by atoms with Crippen LogP contribution in [0.5, 0.6) is 5.75 Å². The van der Waals surface area contributed by atoms with E-state index in [2.05, 4.69) is 32.4 Å². The number of benzene rings is 1. The summed E-state index contributed by atoms with van der Waals surface area (Å²) in [6.07, 6.45) is 3.74. The number of guanidine groups is 1. The van der Waals surface area contributed by atoms with E-state index in [1.54, 1.807) is 13.2 Å². The largest absolute Gasteiger partial charge is 0.494 e. The van der Waals surface area contributed by atoms with Crippen molar-refractivity contribution in [1.29, 1.82) is 0 Å². The first kappa shape index (κ1) is 16.9. The average Bonchev–Trinajstić information content (AvgIpc) is 3.07. The van der Waals surface area contributed by atoms with E-state index in [0.29, 0.717) is 6.61 Å². The molecule has 6 heteroatoms. The van der Waals surface area contributed by atoms with Gasteiger partial charge in [-0.15, -0.1) is 0 Å². The van der Waals surface area contributed by atoms with Crippen LogP contribution in [-0.4, -0.2) is 47.9 Å². The number of ether oxygens (including phenoxy) is 1. The second-order valence-electron chi connectivity index (χ2n) is 5.18. The van der Waals surface area contributed by atoms with Crippen LogP contribution in [0.2, 0.25) is 0 Å². The lowest BCUT2D eigenvalue weighted by atomic mass is 10.2. The topological polar surface area (TPSA) is 54.7 Å². The smallest absolute Gasteiger partial charge is 0.193 e. The first-order chi connectivity index (χ1) is 11.2. The summed E-state index contributed by atoms with van der Waals surface area (Å²) in [6, 6.07) is 10.1. The van der Waals surface area contributed by atoms with Crippen molar-refractivity contribution >= 4 is 5.96 Å². The number of rotatable bonds is 7. The zero-order valence-electron chi connectivity index (χ0n) is 14.1. The van der Waals surface area contributed by atoms with Gasteiger partial charge in [-0.25, -0.2) is 0 Å². The summed E-state index contributed by atoms with van der Waals surface area (Å²) in [5.74, 6) is 1.77. The van der Waals surface area contributed by atoms with Crippen molar-refractivity contribution in [3.05, 3.63) is 48.3 Å². The van der Waals surface area contributed by atoms with Crippen molar-refractivity contribution in [1.82, 2.24) is 20.0 Å². The number of nitrogens with one attached hydrogen (secondary N) is 1. The molecule has 0 saturated carbocycles. The number of aliphatic imine (C=N–C) groups is 1. The maximum absolute atomic E-state index is 5.47. The Morgan fingerprint density at radius 2 is 2.13 bits per heavy atom. The van der Waals surface area contributed by atoms with Gasteiger partial charge in [0.1, 0.15) is 5.75 Å². The molecule has 1 heterocycles. The molecule has 0 aliphatic rings. The highest BCUT2D eigenvalue weighted by Gasteiger charge is 2.06. The monoisotopic (exact) mass is 315 g/mol. The van der Waals surface area contributed by atoms with Crippen molar-refractivity contribution in [3.63, 3.8) is 0 Å². The summed E-state index contributed by atoms with van der Waals surface area (Å²) in [7, 11) is 3.82. The van der Waals surface area contributed by atoms with E-state index in [-0.39, 0.29) is 0 Å². The molecular weight excluding hydrogens is 290 g/mol. The highest BCUT2D eigenvalue weighted by Crippen LogP contribution is 2.13. The summed E-state index contributed by atoms with van der Waals surface area (Å²) in [4.78, 5) is 6.42. The Morgan fingerprint density at radius 3 is 2.74 bits per heavy atom. The van der Waals surface area contributed by atoms with E-state index in [1.165, 1.54) is 5.56 Å². The molecule has 124 valence electrons. The van der Waals surface area contributed by atoms with Crippen LogP contribution in [0.4, 0.5) is 0 Å². The van der Waals surface area contributed by atoms with E-state index in [4.69, 9.17) is 4.74 Å². The van der Waals surface area contributed by atoms with Gasteiger partial charge in [0.2, 0.25) is 0 Å². The predicted molar refractivity (Wildman–Crippen MR) is 92.7 cm³/mol. The molecule has 23 heavy (non-hydrogen) atoms. The molecule has 0 atom stereocenters. The quantitative estimate of drug-likeness (QED) is 0.627. The molecule has 0 saturated heterocycles. The molecule has 1 N–H and O–H groups in total. The van der Waals surface area contributed by atoms with Crippen molar-refractivity contribution in [2.75, 3.05) is 27.2 Å². The lowest BCUT2D eigenvalue weighted by Crippen LogP contribution is -2.39. The minimum Gasteiger partial charge on any atom is -0.494 e. The first-order valence-corrected chi connectivity index (χ1v) is 7.84. The zero-order chi connectivity index (χ0) is 16.5. The van der Waals surface area contributed by atoms with Crippen molar-refractivity contribution in [2.45, 2.75) is 20.0 Å². The maximum Gasteiger partial charge on any atom is 0.193 e. The number of hydrogen-bond acceptors (Lipinski definition) is 3. The Morgan fingerprint density at radius 1 is 1.35 bits per heavy atom. The van der Waals surface area contributed by atoms with E-state index in [1.807, 2.05) is 43.0 Å². The second kappa shape index (κ2) is 8.82. The normalized spacial score (nSPS) is 11.3. The Labute approximate surface area is 137 Å². The third-order valence-electron chi connectivity index (χ3n) is 3.41. The molecule has 0 aliphatic heterocycles. The van der Waals surface area contributed by atoms with E-state index >= 15 is 0 Å². The summed E-state index contributed by atoms with van der Waals surface area (Å²) in [6.45, 7) is 5.05. The van der Waals surface area contributed by atoms with E-state index < -0.39 is 0 Å². The minimum atomic E-state index is 0.687. The fraction of sp³-hybridized carbons (Fsp3) is 0.412. The SMILES string of the molecule is CCOc1ccc(CN(C)C(=NC)NCCn2cccn2)cc1. The molecular formula is C17H25N5O. The minimum absolute atomic E-state index is 0.687. The molecule has 0 aliphatic carbocycles. The third kappa shape index (κ3) is 5.32. The molecule has 0 radical (unpaired) electrons. The van der Waals surface area contributed by atoms with Gasteiger partial charge in [0.15, 0.2) is 5.96 Å². The van der Waals surface area contributed by atoms with Gasteiger partial charge in [0.25, 0.3) is 0 Å². The first-order valence-electron chi connectivity index (χ1n) is 7.84. The predicted octanol–water partition coefficient (Wildman–Crippen LogP) is 1.99. The zero-order valence-corrected chi connectivity index (χ0v) is 14.1. The van der Waals surface area contributed by atoms with Gasteiger partial charge < -0.3 is 15.0 Å². The van der Waals surface area contributed by atoms with Gasteiger partial charge in [-0.05, 0) is 30.7 Å². The van der Waals surface area contributed by atoms with Crippen LogP contribution in [0.1, 0.15) is 12.5 Å². The average molecular weight is 315 g/mol. The standard InChI is InChI=1S/C17H25N5O/c1-4-23-16-8-6-15(7-9-16)14-21(3)17(18-2)19-11-13-22-12-5-10-20-22/h5-10,12H,4,11,13-14H2,1-3H3,(H,18,19). The van der Waals surface area contributed by atoms with Crippen molar-refractivity contribution < 1.29 is 4.74 Å². The van der Waals surface area contributed by atoms with Gasteiger partial charge in [-0.2, -0.15) is 5.10 Å². The van der Waals surface area contributed by atoms with Crippen LogP contribution >= 0.6 is 0 Å². The highest BCUT2D eigenvalue weighted by atomic mass is 16.5. The summed E-state index contributed by atoms with van der Waals surface area (Å²) >= 11 is 0. The Balaban J connectivity index is 1.83. The number of nitrogens with zero attached hydrogens (tertiary/aromatic N) is 4. The molecule has 0 unspecified atom stereocenters. The van der Waals surface area contributed by atoms with Crippen LogP contribution in [0.15, 0.2) is 47.7 Å². The molecule has 6 nitrogen and oxygen atoms in total. The molecule has 0 bridgehead atoms.